The fourth-order valence-electron chi connectivity index (χ4n) is 1.36. The van der Waals surface area contributed by atoms with Gasteiger partial charge < -0.3 is 5.73 Å². The number of nitro benzene ring substituents is 1. The molecule has 1 heterocycles. The summed E-state index contributed by atoms with van der Waals surface area (Å²) in [5.41, 5.74) is 5.80. The third-order valence-electron chi connectivity index (χ3n) is 2.16. The van der Waals surface area contributed by atoms with Crippen molar-refractivity contribution in [2.45, 2.75) is 0 Å². The highest BCUT2D eigenvalue weighted by Crippen LogP contribution is 2.19. The van der Waals surface area contributed by atoms with Gasteiger partial charge in [-0.15, -0.1) is 0 Å². The highest BCUT2D eigenvalue weighted by atomic mass is 16.6. The molecule has 0 atom stereocenters. The molecule has 0 radical (unpaired) electrons. The average Bonchev–Trinajstić information content (AvgIpc) is 2.27. The molecule has 0 spiro atoms. The van der Waals surface area contributed by atoms with Crippen LogP contribution in [0, 0.1) is 10.1 Å². The number of pyridine rings is 1. The van der Waals surface area contributed by atoms with E-state index in [0.29, 0.717) is 10.9 Å². The van der Waals surface area contributed by atoms with Crippen LogP contribution < -0.4 is 5.73 Å². The maximum atomic E-state index is 10.9. The lowest BCUT2D eigenvalue weighted by Crippen LogP contribution is -2.11. The Morgan fingerprint density at radius 2 is 2.12 bits per heavy atom. The minimum atomic E-state index is -0.576. The molecule has 1 aromatic carbocycles. The molecule has 16 heavy (non-hydrogen) atoms. The van der Waals surface area contributed by atoms with Gasteiger partial charge in [-0.2, -0.15) is 0 Å². The number of primary amides is 1. The Morgan fingerprint density at radius 1 is 1.38 bits per heavy atom. The summed E-state index contributed by atoms with van der Waals surface area (Å²) in [6.45, 7) is 0. The van der Waals surface area contributed by atoms with E-state index in [0.717, 1.165) is 0 Å². The maximum Gasteiger partial charge on any atom is 0.271 e. The van der Waals surface area contributed by atoms with Crippen LogP contribution in [0.2, 0.25) is 0 Å². The number of carbonyl (C=O) groups excluding carboxylic acids is 1. The largest absolute Gasteiger partial charge is 0.366 e. The van der Waals surface area contributed by atoms with Crippen LogP contribution in [-0.2, 0) is 0 Å². The minimum Gasteiger partial charge on any atom is -0.366 e. The Labute approximate surface area is 89.9 Å². The zero-order chi connectivity index (χ0) is 11.7. The molecule has 0 saturated heterocycles. The minimum absolute atomic E-state index is 0.0353. The van der Waals surface area contributed by atoms with E-state index in [4.69, 9.17) is 5.73 Å². The molecule has 0 aliphatic rings. The van der Waals surface area contributed by atoms with Crippen LogP contribution >= 0.6 is 0 Å². The smallest absolute Gasteiger partial charge is 0.271 e. The van der Waals surface area contributed by atoms with Crippen LogP contribution in [-0.4, -0.2) is 15.8 Å². The van der Waals surface area contributed by atoms with Crippen molar-refractivity contribution in [3.8, 4) is 0 Å². The number of amides is 1. The van der Waals surface area contributed by atoms with E-state index in [1.807, 2.05) is 0 Å². The summed E-state index contributed by atoms with van der Waals surface area (Å²) in [6, 6.07) is 5.79. The molecule has 0 unspecified atom stereocenters. The predicted molar refractivity (Wildman–Crippen MR) is 56.9 cm³/mol. The molecule has 0 saturated carbocycles. The molecule has 2 N–H and O–H groups in total. The normalized spacial score (nSPS) is 10.2. The Balaban J connectivity index is 2.61. The zero-order valence-electron chi connectivity index (χ0n) is 8.08. The summed E-state index contributed by atoms with van der Waals surface area (Å²) in [6.07, 6.45) is 1.30. The summed E-state index contributed by atoms with van der Waals surface area (Å²) in [7, 11) is 0. The Hall–Kier alpha value is -2.50. The van der Waals surface area contributed by atoms with Crippen molar-refractivity contribution < 1.29 is 9.72 Å². The zero-order valence-corrected chi connectivity index (χ0v) is 8.08. The van der Waals surface area contributed by atoms with Gasteiger partial charge in [0.1, 0.15) is 0 Å². The third kappa shape index (κ3) is 1.68. The molecule has 80 valence electrons. The second kappa shape index (κ2) is 3.58. The second-order valence-electron chi connectivity index (χ2n) is 3.22. The number of nitrogens with two attached hydrogens (primary N) is 1. The topological polar surface area (TPSA) is 99.1 Å². The standard InChI is InChI=1S/C10H7N3O3/c11-10(14)7-3-6-1-2-8(13(15)16)4-9(6)12-5-7/h1-5H,(H2,11,14). The molecule has 0 bridgehead atoms. The molecular formula is C10H7N3O3. The quantitative estimate of drug-likeness (QED) is 0.604. The van der Waals surface area contributed by atoms with E-state index in [1.54, 1.807) is 6.07 Å². The fourth-order valence-corrected chi connectivity index (χ4v) is 1.36. The molecular weight excluding hydrogens is 210 g/mol. The molecule has 6 nitrogen and oxygen atoms in total. The SMILES string of the molecule is NC(=O)c1cnc2cc([N+](=O)[O-])ccc2c1. The Bertz CT molecular complexity index is 542. The van der Waals surface area contributed by atoms with Gasteiger partial charge in [-0.1, -0.05) is 0 Å². The number of hydrogen-bond donors (Lipinski definition) is 1. The van der Waals surface area contributed by atoms with Gasteiger partial charge in [0.25, 0.3) is 5.69 Å². The molecule has 0 aliphatic heterocycles. The lowest BCUT2D eigenvalue weighted by atomic mass is 10.1. The Kier molecular flexibility index (Phi) is 2.24. The van der Waals surface area contributed by atoms with E-state index >= 15 is 0 Å². The highest BCUT2D eigenvalue weighted by Gasteiger charge is 2.08. The number of rotatable bonds is 2. The van der Waals surface area contributed by atoms with Crippen LogP contribution in [0.3, 0.4) is 0 Å². The highest BCUT2D eigenvalue weighted by molar-refractivity contribution is 5.96. The third-order valence-corrected chi connectivity index (χ3v) is 2.16. The number of carbonyl (C=O) groups is 1. The van der Waals surface area contributed by atoms with Crippen LogP contribution in [0.4, 0.5) is 5.69 Å². The van der Waals surface area contributed by atoms with Gasteiger partial charge in [-0.3, -0.25) is 19.9 Å². The average molecular weight is 217 g/mol. The molecule has 1 aromatic heterocycles. The van der Waals surface area contributed by atoms with Crippen molar-refractivity contribution in [1.29, 1.82) is 0 Å². The maximum absolute atomic E-state index is 10.9. The summed E-state index contributed by atoms with van der Waals surface area (Å²) in [4.78, 5) is 24.9. The molecule has 1 amide bonds. The number of nitrogens with zero attached hydrogens (tertiary/aromatic N) is 2. The number of nitro groups is 1. The van der Waals surface area contributed by atoms with Gasteiger partial charge in [0.05, 0.1) is 16.0 Å². The van der Waals surface area contributed by atoms with E-state index < -0.39 is 10.8 Å². The van der Waals surface area contributed by atoms with E-state index in [-0.39, 0.29) is 11.3 Å². The van der Waals surface area contributed by atoms with Crippen molar-refractivity contribution in [1.82, 2.24) is 4.98 Å². The number of hydrogen-bond acceptors (Lipinski definition) is 4. The van der Waals surface area contributed by atoms with Gasteiger partial charge in [0, 0.05) is 23.7 Å². The lowest BCUT2D eigenvalue weighted by Gasteiger charge is -1.99. The van der Waals surface area contributed by atoms with E-state index in [9.17, 15) is 14.9 Å². The van der Waals surface area contributed by atoms with Gasteiger partial charge in [0.15, 0.2) is 0 Å². The fraction of sp³-hybridized carbons (Fsp3) is 0. The molecule has 2 aromatic rings. The number of benzene rings is 1. The number of fused-ring (bicyclic) bond motifs is 1. The molecule has 0 aliphatic carbocycles. The molecule has 0 fully saturated rings. The monoisotopic (exact) mass is 217 g/mol. The van der Waals surface area contributed by atoms with Crippen LogP contribution in [0.5, 0.6) is 0 Å². The van der Waals surface area contributed by atoms with Crippen LogP contribution in [0.25, 0.3) is 10.9 Å². The van der Waals surface area contributed by atoms with Crippen molar-refractivity contribution >= 4 is 22.5 Å². The summed E-state index contributed by atoms with van der Waals surface area (Å²) in [5.74, 6) is -0.576. The first-order chi connectivity index (χ1) is 7.58. The van der Waals surface area contributed by atoms with Gasteiger partial charge in [-0.25, -0.2) is 0 Å². The summed E-state index contributed by atoms with van der Waals surface area (Å²) >= 11 is 0. The van der Waals surface area contributed by atoms with E-state index in [2.05, 4.69) is 4.98 Å². The van der Waals surface area contributed by atoms with Crippen molar-refractivity contribution in [2.75, 3.05) is 0 Å². The summed E-state index contributed by atoms with van der Waals surface area (Å²) in [5, 5.41) is 11.2. The molecule has 6 heteroatoms. The van der Waals surface area contributed by atoms with Crippen molar-refractivity contribution in [3.63, 3.8) is 0 Å². The second-order valence-corrected chi connectivity index (χ2v) is 3.22. The first kappa shape index (κ1) is 10.0. The van der Waals surface area contributed by atoms with Crippen LogP contribution in [0.15, 0.2) is 30.5 Å². The lowest BCUT2D eigenvalue weighted by molar-refractivity contribution is -0.384. The Morgan fingerprint density at radius 3 is 2.75 bits per heavy atom. The summed E-state index contributed by atoms with van der Waals surface area (Å²) < 4.78 is 0. The number of non-ortho nitro benzene ring substituents is 1. The van der Waals surface area contributed by atoms with Gasteiger partial charge in [-0.05, 0) is 12.1 Å². The predicted octanol–water partition coefficient (Wildman–Crippen LogP) is 1.24. The van der Waals surface area contributed by atoms with Gasteiger partial charge in [0.2, 0.25) is 5.91 Å². The first-order valence-electron chi connectivity index (χ1n) is 4.42. The van der Waals surface area contributed by atoms with Crippen molar-refractivity contribution in [2.24, 2.45) is 5.73 Å². The van der Waals surface area contributed by atoms with Crippen LogP contribution in [0.1, 0.15) is 10.4 Å². The van der Waals surface area contributed by atoms with Gasteiger partial charge >= 0.3 is 0 Å². The van der Waals surface area contributed by atoms with E-state index in [1.165, 1.54) is 24.4 Å². The number of aromatic nitrogens is 1. The first-order valence-corrected chi connectivity index (χ1v) is 4.42. The molecule has 2 rings (SSSR count). The van der Waals surface area contributed by atoms with Crippen molar-refractivity contribution in [3.05, 3.63) is 46.1 Å².